The van der Waals surface area contributed by atoms with E-state index in [2.05, 4.69) is 20.4 Å². The number of benzene rings is 2. The number of ether oxygens (including phenoxy) is 4. The van der Waals surface area contributed by atoms with E-state index in [9.17, 15) is 9.59 Å². The van der Waals surface area contributed by atoms with E-state index in [1.165, 1.54) is 0 Å². The summed E-state index contributed by atoms with van der Waals surface area (Å²) in [5.41, 5.74) is 5.01. The molecule has 0 unspecified atom stereocenters. The van der Waals surface area contributed by atoms with E-state index in [0.717, 1.165) is 48.2 Å². The second-order valence-corrected chi connectivity index (χ2v) is 11.6. The van der Waals surface area contributed by atoms with Crippen LogP contribution in [0.4, 0.5) is 0 Å². The highest BCUT2D eigenvalue weighted by molar-refractivity contribution is 5.83. The smallest absolute Gasteiger partial charge is 0.231 e. The lowest BCUT2D eigenvalue weighted by Gasteiger charge is -2.28. The first-order valence-electron chi connectivity index (χ1n) is 15.0. The molecule has 7 rings (SSSR count). The minimum Gasteiger partial charge on any atom is -0.454 e. The van der Waals surface area contributed by atoms with Gasteiger partial charge in [-0.05, 0) is 78.9 Å². The zero-order valence-corrected chi connectivity index (χ0v) is 24.2. The molecule has 1 saturated carbocycles. The zero-order chi connectivity index (χ0) is 29.9. The van der Waals surface area contributed by atoms with E-state index in [1.807, 2.05) is 60.7 Å². The van der Waals surface area contributed by atoms with Gasteiger partial charge in [-0.3, -0.25) is 9.59 Å². The molecule has 2 aromatic heterocycles. The van der Waals surface area contributed by atoms with Crippen molar-refractivity contribution >= 4 is 11.6 Å². The van der Waals surface area contributed by atoms with Crippen LogP contribution in [0.15, 0.2) is 60.7 Å². The van der Waals surface area contributed by atoms with Crippen molar-refractivity contribution in [2.45, 2.75) is 63.2 Å². The predicted octanol–water partition coefficient (Wildman–Crippen LogP) is 4.87. The van der Waals surface area contributed by atoms with Gasteiger partial charge in [0.15, 0.2) is 23.0 Å². The van der Waals surface area contributed by atoms with Gasteiger partial charge in [0, 0.05) is 24.7 Å². The van der Waals surface area contributed by atoms with E-state index in [0.29, 0.717) is 47.2 Å². The molecule has 2 atom stereocenters. The van der Waals surface area contributed by atoms with Crippen LogP contribution in [0.1, 0.15) is 71.4 Å². The molecule has 0 bridgehead atoms. The maximum Gasteiger partial charge on any atom is 0.231 e. The largest absolute Gasteiger partial charge is 0.454 e. The van der Waals surface area contributed by atoms with Gasteiger partial charge in [0.1, 0.15) is 11.6 Å². The predicted molar refractivity (Wildman–Crippen MR) is 158 cm³/mol. The molecule has 0 spiro atoms. The molecule has 10 nitrogen and oxygen atoms in total. The number of rotatable bonds is 10. The van der Waals surface area contributed by atoms with E-state index in [4.69, 9.17) is 18.9 Å². The topological polar surface area (TPSA) is 123 Å². The van der Waals surface area contributed by atoms with E-state index >= 15 is 0 Å². The summed E-state index contributed by atoms with van der Waals surface area (Å²) in [6.07, 6.45) is 5.11. The average Bonchev–Trinajstić information content (AvgIpc) is 3.71. The minimum absolute atomic E-state index is 0.0697. The van der Waals surface area contributed by atoms with Crippen molar-refractivity contribution in [1.82, 2.24) is 20.4 Å². The number of aromatic nitrogens is 4. The number of fused-ring (bicyclic) bond motifs is 2. The number of carbonyl (C=O) groups is 2. The van der Waals surface area contributed by atoms with Crippen LogP contribution >= 0.6 is 0 Å². The fourth-order valence-electron chi connectivity index (χ4n) is 6.18. The van der Waals surface area contributed by atoms with Gasteiger partial charge in [0.25, 0.3) is 0 Å². The molecule has 3 aliphatic rings. The summed E-state index contributed by atoms with van der Waals surface area (Å²) >= 11 is 0. The van der Waals surface area contributed by atoms with E-state index < -0.39 is 0 Å². The molecule has 44 heavy (non-hydrogen) atoms. The van der Waals surface area contributed by atoms with Gasteiger partial charge in [-0.1, -0.05) is 18.6 Å². The molecular formula is C34H32N4O6. The second kappa shape index (κ2) is 12.4. The number of nitrogens with zero attached hydrogens (tertiary/aromatic N) is 4. The first-order valence-corrected chi connectivity index (χ1v) is 15.0. The Morgan fingerprint density at radius 2 is 1.05 bits per heavy atom. The van der Waals surface area contributed by atoms with Crippen LogP contribution in [0.5, 0.6) is 23.0 Å². The Kier molecular flexibility index (Phi) is 7.87. The third-order valence-electron chi connectivity index (χ3n) is 8.42. The monoisotopic (exact) mass is 592 g/mol. The minimum atomic E-state index is 0.0697. The van der Waals surface area contributed by atoms with Gasteiger partial charge in [-0.2, -0.15) is 20.4 Å². The number of carbonyl (C=O) groups excluding carboxylic acids is 2. The standard InChI is InChI=1S/C34H32N4O6/c39-27(12-21-4-10-31-33(14-21)43-19-41-31)17-25-6-8-29(37-35-25)23-2-1-3-24(16-23)30-9-7-26(36-38-30)18-28(40)13-22-5-11-32-34(15-22)44-20-42-32/h4-11,14-15,23-24H,1-3,12-13,16-20H2/t23-,24-/m0/s1. The molecule has 2 aromatic carbocycles. The van der Waals surface area contributed by atoms with Gasteiger partial charge in [-0.15, -0.1) is 0 Å². The van der Waals surface area contributed by atoms with Gasteiger partial charge in [0.05, 0.1) is 35.6 Å². The highest BCUT2D eigenvalue weighted by Gasteiger charge is 2.27. The quantitative estimate of drug-likeness (QED) is 0.252. The first-order chi connectivity index (χ1) is 21.6. The molecule has 1 aliphatic carbocycles. The average molecular weight is 593 g/mol. The molecule has 0 saturated heterocycles. The number of hydrogen-bond donors (Lipinski definition) is 0. The second-order valence-electron chi connectivity index (χ2n) is 11.6. The third kappa shape index (κ3) is 6.39. The molecule has 224 valence electrons. The highest BCUT2D eigenvalue weighted by Crippen LogP contribution is 2.40. The van der Waals surface area contributed by atoms with Crippen molar-refractivity contribution < 1.29 is 28.5 Å². The number of ketones is 2. The lowest BCUT2D eigenvalue weighted by molar-refractivity contribution is -0.118. The summed E-state index contributed by atoms with van der Waals surface area (Å²) in [5, 5.41) is 17.8. The van der Waals surface area contributed by atoms with Gasteiger partial charge in [-0.25, -0.2) is 0 Å². The Morgan fingerprint density at radius 1 is 0.568 bits per heavy atom. The van der Waals surface area contributed by atoms with Crippen LogP contribution in [0.3, 0.4) is 0 Å². The van der Waals surface area contributed by atoms with Crippen molar-refractivity contribution in [3.63, 3.8) is 0 Å². The Morgan fingerprint density at radius 3 is 1.50 bits per heavy atom. The Labute approximate surface area is 254 Å². The molecule has 4 aromatic rings. The van der Waals surface area contributed by atoms with Crippen LogP contribution in [0.25, 0.3) is 0 Å². The summed E-state index contributed by atoms with van der Waals surface area (Å²) in [4.78, 5) is 25.4. The summed E-state index contributed by atoms with van der Waals surface area (Å²) in [6.45, 7) is 0.423. The fraction of sp³-hybridized carbons (Fsp3) is 0.353. The highest BCUT2D eigenvalue weighted by atomic mass is 16.7. The van der Waals surface area contributed by atoms with Crippen molar-refractivity contribution in [3.8, 4) is 23.0 Å². The molecular weight excluding hydrogens is 560 g/mol. The van der Waals surface area contributed by atoms with Crippen LogP contribution in [-0.2, 0) is 35.3 Å². The first kappa shape index (κ1) is 27.9. The van der Waals surface area contributed by atoms with Gasteiger partial charge in [0.2, 0.25) is 13.6 Å². The summed E-state index contributed by atoms with van der Waals surface area (Å²) in [5.74, 6) is 3.44. The van der Waals surface area contributed by atoms with E-state index in [1.54, 1.807) is 0 Å². The van der Waals surface area contributed by atoms with Crippen molar-refractivity contribution in [3.05, 3.63) is 94.6 Å². The number of Topliss-reactive ketones (excluding diaryl/α,β-unsaturated/α-hetero) is 2. The van der Waals surface area contributed by atoms with E-state index in [-0.39, 0.29) is 49.8 Å². The van der Waals surface area contributed by atoms with Crippen LogP contribution in [-0.4, -0.2) is 45.5 Å². The normalized spacial score (nSPS) is 18.3. The Balaban J connectivity index is 0.911. The van der Waals surface area contributed by atoms with Crippen molar-refractivity contribution in [2.75, 3.05) is 13.6 Å². The van der Waals surface area contributed by atoms with Crippen LogP contribution in [0, 0.1) is 0 Å². The molecule has 0 radical (unpaired) electrons. The molecule has 2 aliphatic heterocycles. The summed E-state index contributed by atoms with van der Waals surface area (Å²) in [7, 11) is 0. The lowest BCUT2D eigenvalue weighted by atomic mass is 9.78. The molecule has 0 N–H and O–H groups in total. The van der Waals surface area contributed by atoms with Crippen LogP contribution < -0.4 is 18.9 Å². The SMILES string of the molecule is O=C(Cc1ccc2c(c1)OCO2)Cc1ccc([C@H]2CCC[C@H](c3ccc(CC(=O)Cc4ccc5c(c4)OCO5)nn3)C2)nn1. The Hall–Kier alpha value is -4.86. The maximum atomic E-state index is 12.7. The summed E-state index contributed by atoms with van der Waals surface area (Å²) in [6, 6.07) is 19.0. The van der Waals surface area contributed by atoms with Gasteiger partial charge < -0.3 is 18.9 Å². The van der Waals surface area contributed by atoms with Crippen molar-refractivity contribution in [2.24, 2.45) is 0 Å². The molecule has 1 fully saturated rings. The fourth-order valence-corrected chi connectivity index (χ4v) is 6.18. The molecule has 4 heterocycles. The molecule has 10 heteroatoms. The van der Waals surface area contributed by atoms with Crippen molar-refractivity contribution in [1.29, 1.82) is 0 Å². The third-order valence-corrected chi connectivity index (χ3v) is 8.42. The van der Waals surface area contributed by atoms with Crippen LogP contribution in [0.2, 0.25) is 0 Å². The summed E-state index contributed by atoms with van der Waals surface area (Å²) < 4.78 is 21.5. The lowest BCUT2D eigenvalue weighted by Crippen LogP contribution is -2.17. The number of hydrogen-bond acceptors (Lipinski definition) is 10. The molecule has 0 amide bonds. The zero-order valence-electron chi connectivity index (χ0n) is 24.2. The van der Waals surface area contributed by atoms with Gasteiger partial charge >= 0.3 is 0 Å². The Bertz CT molecular complexity index is 1550. The maximum absolute atomic E-state index is 12.7.